The van der Waals surface area contributed by atoms with Gasteiger partial charge in [0.15, 0.2) is 0 Å². The number of hydrogen-bond acceptors (Lipinski definition) is 5. The number of amides is 1. The average molecular weight is 662 g/mol. The summed E-state index contributed by atoms with van der Waals surface area (Å²) in [5, 5.41) is 6.36. The zero-order valence-electron chi connectivity index (χ0n) is 31.9. The first-order valence-corrected chi connectivity index (χ1v) is 19.4. The van der Waals surface area contributed by atoms with Crippen LogP contribution in [0.3, 0.4) is 0 Å². The molecule has 0 bridgehead atoms. The lowest BCUT2D eigenvalue weighted by Crippen LogP contribution is -2.38. The van der Waals surface area contributed by atoms with E-state index in [4.69, 9.17) is 0 Å². The number of thiazole rings is 1. The van der Waals surface area contributed by atoms with Crippen LogP contribution in [0.2, 0.25) is 0 Å². The highest BCUT2D eigenvalue weighted by molar-refractivity contribution is 8.00. The van der Waals surface area contributed by atoms with E-state index in [0.29, 0.717) is 27.0 Å². The molecule has 0 unspecified atom stereocenters. The molecule has 1 saturated heterocycles. The maximum Gasteiger partial charge on any atom is 0.223 e. The van der Waals surface area contributed by atoms with Gasteiger partial charge in [0, 0.05) is 33.9 Å². The lowest BCUT2D eigenvalue weighted by Gasteiger charge is -2.31. The van der Waals surface area contributed by atoms with Crippen molar-refractivity contribution in [2.24, 2.45) is 16.7 Å². The Labute approximate surface area is 288 Å². The second-order valence-corrected chi connectivity index (χ2v) is 20.2. The lowest BCUT2D eigenvalue weighted by atomic mass is 9.85. The second kappa shape index (κ2) is 19.0. The average Bonchev–Trinajstić information content (AvgIpc) is 3.69. The number of rotatable bonds is 5. The van der Waals surface area contributed by atoms with Gasteiger partial charge in [0.2, 0.25) is 5.91 Å². The maximum atomic E-state index is 11.6. The van der Waals surface area contributed by atoms with Crippen LogP contribution in [0.25, 0.3) is 0 Å². The Balaban J connectivity index is 0.000000306. The van der Waals surface area contributed by atoms with E-state index in [2.05, 4.69) is 130 Å². The van der Waals surface area contributed by atoms with Crippen molar-refractivity contribution < 1.29 is 4.79 Å². The minimum Gasteiger partial charge on any atom is -0.355 e. The predicted molar refractivity (Wildman–Crippen MR) is 204 cm³/mol. The fourth-order valence-corrected chi connectivity index (χ4v) is 7.21. The van der Waals surface area contributed by atoms with Gasteiger partial charge >= 0.3 is 0 Å². The number of aromatic nitrogens is 1. The van der Waals surface area contributed by atoms with Crippen LogP contribution in [-0.2, 0) is 11.2 Å². The summed E-state index contributed by atoms with van der Waals surface area (Å²) in [7, 11) is 0. The molecule has 260 valence electrons. The molecular weight excluding hydrogens is 591 g/mol. The van der Waals surface area contributed by atoms with E-state index in [-0.39, 0.29) is 5.91 Å². The van der Waals surface area contributed by atoms with Gasteiger partial charge < -0.3 is 5.32 Å². The molecule has 0 aromatic carbocycles. The quantitative estimate of drug-likeness (QED) is 0.319. The monoisotopic (exact) mass is 662 g/mol. The molecule has 1 aromatic heterocycles. The fraction of sp³-hybridized carbons (Fsp3) is 0.795. The number of allylic oxidation sites excluding steroid dienone is 4. The Morgan fingerprint density at radius 2 is 1.51 bits per heavy atom. The summed E-state index contributed by atoms with van der Waals surface area (Å²) in [5.74, 6) is 1.61. The van der Waals surface area contributed by atoms with E-state index in [9.17, 15) is 4.79 Å². The van der Waals surface area contributed by atoms with Gasteiger partial charge in [-0.25, -0.2) is 4.98 Å². The first-order valence-electron chi connectivity index (χ1n) is 17.5. The molecule has 1 saturated carbocycles. The van der Waals surface area contributed by atoms with Gasteiger partial charge in [0.25, 0.3) is 0 Å². The highest BCUT2D eigenvalue weighted by Gasteiger charge is 2.24. The number of likely N-dealkylation sites (tertiary alicyclic amines) is 1. The van der Waals surface area contributed by atoms with E-state index < -0.39 is 0 Å². The van der Waals surface area contributed by atoms with Crippen LogP contribution in [0.15, 0.2) is 28.7 Å². The molecule has 1 amide bonds. The molecule has 0 spiro atoms. The molecule has 1 aromatic rings. The zero-order chi connectivity index (χ0) is 34.5. The van der Waals surface area contributed by atoms with Crippen molar-refractivity contribution in [2.75, 3.05) is 25.4 Å². The van der Waals surface area contributed by atoms with Gasteiger partial charge in [-0.1, -0.05) is 92.9 Å². The summed E-state index contributed by atoms with van der Waals surface area (Å²) < 4.78 is 0.304. The molecule has 4 nitrogen and oxygen atoms in total. The summed E-state index contributed by atoms with van der Waals surface area (Å²) in [6.45, 7) is 34.7. The second-order valence-electron chi connectivity index (χ2n) is 17.2. The third-order valence-corrected chi connectivity index (χ3v) is 10.2. The van der Waals surface area contributed by atoms with E-state index in [1.165, 1.54) is 60.6 Å². The van der Waals surface area contributed by atoms with Crippen LogP contribution < -0.4 is 5.32 Å². The summed E-state index contributed by atoms with van der Waals surface area (Å²) >= 11 is 3.64. The molecule has 2 aliphatic carbocycles. The number of nitrogens with one attached hydrogen (secondary N) is 1. The smallest absolute Gasteiger partial charge is 0.223 e. The molecule has 0 atom stereocenters. The largest absolute Gasteiger partial charge is 0.355 e. The SMILES string of the molecule is CC(C)(C)N1CCCC1.CC(C)(C)SCCNC(=O)C1CCCC1.CC1=C(C(C)(C)C)C=CC1.Cc1nc(CC(C)(C)C)cs1. The van der Waals surface area contributed by atoms with Crippen molar-refractivity contribution >= 4 is 29.0 Å². The number of aryl methyl sites for hydroxylation is 1. The van der Waals surface area contributed by atoms with Crippen LogP contribution in [0.1, 0.15) is 146 Å². The minimum absolute atomic E-state index is 0.280. The summed E-state index contributed by atoms with van der Waals surface area (Å²) in [5.41, 5.74) is 5.41. The highest BCUT2D eigenvalue weighted by Crippen LogP contribution is 2.33. The Hall–Kier alpha value is -1.11. The molecular formula is C39H71N3OS2. The van der Waals surface area contributed by atoms with Crippen molar-refractivity contribution in [1.29, 1.82) is 0 Å². The first kappa shape index (κ1) is 41.9. The van der Waals surface area contributed by atoms with E-state index in [0.717, 1.165) is 38.0 Å². The molecule has 4 rings (SSSR count). The highest BCUT2D eigenvalue weighted by atomic mass is 32.2. The van der Waals surface area contributed by atoms with Gasteiger partial charge in [-0.15, -0.1) is 11.3 Å². The van der Waals surface area contributed by atoms with Crippen LogP contribution >= 0.6 is 23.1 Å². The molecule has 3 aliphatic rings. The third-order valence-electron chi connectivity index (χ3n) is 8.07. The Morgan fingerprint density at radius 3 is 1.87 bits per heavy atom. The molecule has 2 fully saturated rings. The predicted octanol–water partition coefficient (Wildman–Crippen LogP) is 11.1. The molecule has 1 aliphatic heterocycles. The topological polar surface area (TPSA) is 45.2 Å². The Morgan fingerprint density at radius 1 is 0.933 bits per heavy atom. The molecule has 1 N–H and O–H groups in total. The van der Waals surface area contributed by atoms with Crippen LogP contribution in [0.4, 0.5) is 0 Å². The van der Waals surface area contributed by atoms with E-state index >= 15 is 0 Å². The fourth-order valence-electron chi connectivity index (χ4n) is 5.78. The molecule has 45 heavy (non-hydrogen) atoms. The van der Waals surface area contributed by atoms with Crippen LogP contribution in [0, 0.1) is 23.7 Å². The zero-order valence-corrected chi connectivity index (χ0v) is 33.5. The number of carbonyl (C=O) groups is 1. The lowest BCUT2D eigenvalue weighted by molar-refractivity contribution is -0.124. The van der Waals surface area contributed by atoms with Crippen molar-refractivity contribution in [2.45, 2.75) is 159 Å². The summed E-state index contributed by atoms with van der Waals surface area (Å²) in [6.07, 6.45) is 14.2. The number of nitrogens with zero attached hydrogens (tertiary/aromatic N) is 2. The normalized spacial score (nSPS) is 17.7. The Bertz CT molecular complexity index is 1050. The van der Waals surface area contributed by atoms with Gasteiger partial charge in [-0.05, 0) is 103 Å². The van der Waals surface area contributed by atoms with Crippen molar-refractivity contribution in [1.82, 2.24) is 15.2 Å². The van der Waals surface area contributed by atoms with Gasteiger partial charge in [0.1, 0.15) is 0 Å². The van der Waals surface area contributed by atoms with Gasteiger partial charge in [-0.2, -0.15) is 11.8 Å². The van der Waals surface area contributed by atoms with Crippen LogP contribution in [-0.4, -0.2) is 51.5 Å². The van der Waals surface area contributed by atoms with Crippen molar-refractivity contribution in [3.63, 3.8) is 0 Å². The number of hydrogen-bond donors (Lipinski definition) is 1. The van der Waals surface area contributed by atoms with E-state index in [1.807, 2.05) is 11.8 Å². The van der Waals surface area contributed by atoms with Gasteiger partial charge in [0.05, 0.1) is 10.7 Å². The van der Waals surface area contributed by atoms with E-state index in [1.54, 1.807) is 11.3 Å². The summed E-state index contributed by atoms with van der Waals surface area (Å²) in [6, 6.07) is 0. The summed E-state index contributed by atoms with van der Waals surface area (Å²) in [4.78, 5) is 18.6. The standard InChI is InChI=1S/C12H23NOS.C10H16.C9H15NS.C8H17N/c1-12(2,3)15-9-8-13-11(14)10-6-4-5-7-10;1-8-6-5-7-9(8)10(2,3)4;1-7-10-8(6-11-7)5-9(2,3)4;1-8(2,3)9-6-4-5-7-9/h10H,4-9H2,1-3H3,(H,13,14);5,7H,6H2,1-4H3;6H,5H2,1-4H3;4-7H2,1-3H3. The minimum atomic E-state index is 0.280. The van der Waals surface area contributed by atoms with Crippen molar-refractivity contribution in [3.05, 3.63) is 39.4 Å². The molecule has 2 heterocycles. The van der Waals surface area contributed by atoms with Gasteiger partial charge in [-0.3, -0.25) is 9.69 Å². The maximum absolute atomic E-state index is 11.6. The number of carbonyl (C=O) groups excluding carboxylic acids is 1. The molecule has 6 heteroatoms. The van der Waals surface area contributed by atoms with Crippen LogP contribution in [0.5, 0.6) is 0 Å². The Kier molecular flexibility index (Phi) is 17.7. The number of thioether (sulfide) groups is 1. The van der Waals surface area contributed by atoms with Crippen molar-refractivity contribution in [3.8, 4) is 0 Å². The first-order chi connectivity index (χ1) is 20.6. The molecule has 0 radical (unpaired) electrons. The third kappa shape index (κ3) is 19.3.